The van der Waals surface area contributed by atoms with Gasteiger partial charge >= 0.3 is 18.2 Å². The van der Waals surface area contributed by atoms with Crippen molar-refractivity contribution in [2.45, 2.75) is 0 Å². The Hall–Kier alpha value is -4.33. The first-order valence-corrected chi connectivity index (χ1v) is 8.46. The number of carboxylic acids is 1. The Morgan fingerprint density at radius 1 is 0.655 bits per heavy atom. The van der Waals surface area contributed by atoms with Crippen molar-refractivity contribution in [3.63, 3.8) is 0 Å². The number of carbonyl (C=O) groups excluding carboxylic acids is 2. The van der Waals surface area contributed by atoms with Crippen molar-refractivity contribution in [2.24, 2.45) is 0 Å². The lowest BCUT2D eigenvalue weighted by Crippen LogP contribution is -2.19. The third-order valence-corrected chi connectivity index (χ3v) is 3.58. The maximum absolute atomic E-state index is 12.0. The largest absolute Gasteiger partial charge is 0.478 e. The number of rotatable bonds is 5. The molecule has 0 saturated carbocycles. The van der Waals surface area contributed by atoms with Crippen LogP contribution in [-0.2, 0) is 0 Å². The minimum atomic E-state index is -1.23. The van der Waals surface area contributed by atoms with Crippen LogP contribution in [0.2, 0.25) is 0 Å². The van der Waals surface area contributed by atoms with Crippen molar-refractivity contribution in [3.05, 3.63) is 84.4 Å². The van der Waals surface area contributed by atoms with Gasteiger partial charge in [0.1, 0.15) is 11.5 Å². The Labute approximate surface area is 165 Å². The molecule has 0 aliphatic rings. The summed E-state index contributed by atoms with van der Waals surface area (Å²) in [7, 11) is 0. The molecule has 0 saturated heterocycles. The summed E-state index contributed by atoms with van der Waals surface area (Å²) in [5.41, 5.74) is 0.110. The number of nitrogens with one attached hydrogen (secondary N) is 2. The second kappa shape index (κ2) is 9.05. The van der Waals surface area contributed by atoms with E-state index in [1.165, 1.54) is 18.2 Å². The summed E-state index contributed by atoms with van der Waals surface area (Å²) in [6.07, 6.45) is -1.62. The molecule has 0 spiro atoms. The summed E-state index contributed by atoms with van der Waals surface area (Å²) in [6.45, 7) is 0. The van der Waals surface area contributed by atoms with Gasteiger partial charge in [0.25, 0.3) is 0 Å². The van der Waals surface area contributed by atoms with Gasteiger partial charge in [-0.15, -0.1) is 0 Å². The van der Waals surface area contributed by atoms with Gasteiger partial charge in [-0.25, -0.2) is 14.4 Å². The minimum Gasteiger partial charge on any atom is -0.478 e. The monoisotopic (exact) mass is 392 g/mol. The van der Waals surface area contributed by atoms with Crippen LogP contribution in [0, 0.1) is 0 Å². The summed E-state index contributed by atoms with van der Waals surface area (Å²) < 4.78 is 10.2. The zero-order valence-corrected chi connectivity index (χ0v) is 15.0. The van der Waals surface area contributed by atoms with E-state index in [-0.39, 0.29) is 16.9 Å². The molecule has 3 aromatic carbocycles. The fourth-order valence-corrected chi connectivity index (χ4v) is 2.37. The van der Waals surface area contributed by atoms with Gasteiger partial charge in [-0.3, -0.25) is 10.6 Å². The molecule has 0 radical (unpaired) electrons. The van der Waals surface area contributed by atoms with Gasteiger partial charge in [-0.1, -0.05) is 36.4 Å². The molecule has 0 fully saturated rings. The predicted octanol–water partition coefficient (Wildman–Crippen LogP) is 4.61. The van der Waals surface area contributed by atoms with Crippen LogP contribution >= 0.6 is 0 Å². The fraction of sp³-hybridized carbons (Fsp3) is 0. The molecule has 3 rings (SSSR count). The van der Waals surface area contributed by atoms with E-state index in [2.05, 4.69) is 10.6 Å². The van der Waals surface area contributed by atoms with Crippen LogP contribution in [0.5, 0.6) is 11.5 Å². The number of carbonyl (C=O) groups is 3. The Balaban J connectivity index is 1.72. The van der Waals surface area contributed by atoms with Gasteiger partial charge in [0.05, 0.1) is 5.56 Å². The van der Waals surface area contributed by atoms with E-state index in [4.69, 9.17) is 9.47 Å². The van der Waals surface area contributed by atoms with Crippen LogP contribution in [-0.4, -0.2) is 23.3 Å². The zero-order valence-electron chi connectivity index (χ0n) is 15.0. The van der Waals surface area contributed by atoms with Gasteiger partial charge in [0, 0.05) is 11.4 Å². The SMILES string of the molecule is O=C(Nc1cc(NC(=O)Oc2ccccc2)cc(C(=O)O)c1)Oc1ccccc1. The first kappa shape index (κ1) is 19.4. The van der Waals surface area contributed by atoms with Crippen LogP contribution in [0.3, 0.4) is 0 Å². The smallest absolute Gasteiger partial charge is 0.417 e. The Morgan fingerprint density at radius 2 is 1.07 bits per heavy atom. The molecule has 0 atom stereocenters. The highest BCUT2D eigenvalue weighted by Gasteiger charge is 2.13. The predicted molar refractivity (Wildman–Crippen MR) is 106 cm³/mol. The molecule has 2 amide bonds. The van der Waals surface area contributed by atoms with E-state index in [1.807, 2.05) is 0 Å². The number of hydrogen-bond acceptors (Lipinski definition) is 5. The highest BCUT2D eigenvalue weighted by atomic mass is 16.6. The summed E-state index contributed by atoms with van der Waals surface area (Å²) in [5.74, 6) is -0.585. The van der Waals surface area contributed by atoms with E-state index in [9.17, 15) is 19.5 Å². The lowest BCUT2D eigenvalue weighted by Gasteiger charge is -2.11. The van der Waals surface area contributed by atoms with Gasteiger partial charge < -0.3 is 14.6 Å². The summed E-state index contributed by atoms with van der Waals surface area (Å²) >= 11 is 0. The first-order chi connectivity index (χ1) is 14.0. The van der Waals surface area contributed by atoms with Gasteiger partial charge in [-0.05, 0) is 42.5 Å². The first-order valence-electron chi connectivity index (χ1n) is 8.46. The van der Waals surface area contributed by atoms with E-state index in [1.54, 1.807) is 60.7 Å². The molecule has 0 unspecified atom stereocenters. The molecule has 0 heterocycles. The number of anilines is 2. The van der Waals surface area contributed by atoms with E-state index in [0.29, 0.717) is 11.5 Å². The topological polar surface area (TPSA) is 114 Å². The summed E-state index contributed by atoms with van der Waals surface area (Å²) in [5, 5.41) is 14.1. The third kappa shape index (κ3) is 5.83. The number of hydrogen-bond donors (Lipinski definition) is 3. The highest BCUT2D eigenvalue weighted by Crippen LogP contribution is 2.21. The summed E-state index contributed by atoms with van der Waals surface area (Å²) in [4.78, 5) is 35.5. The Kier molecular flexibility index (Phi) is 6.06. The van der Waals surface area contributed by atoms with E-state index >= 15 is 0 Å². The third-order valence-electron chi connectivity index (χ3n) is 3.58. The molecule has 29 heavy (non-hydrogen) atoms. The molecule has 0 bridgehead atoms. The molecule has 3 N–H and O–H groups in total. The van der Waals surface area contributed by atoms with Crippen LogP contribution in [0.15, 0.2) is 78.9 Å². The van der Waals surface area contributed by atoms with Crippen LogP contribution in [0.4, 0.5) is 21.0 Å². The molecular formula is C21H16N2O6. The minimum absolute atomic E-state index is 0.126. The molecule has 146 valence electrons. The Bertz CT molecular complexity index is 948. The second-order valence-corrected chi connectivity index (χ2v) is 5.76. The number of carboxylic acid groups (broad SMARTS) is 1. The Morgan fingerprint density at radius 3 is 1.45 bits per heavy atom. The molecule has 0 aromatic heterocycles. The fourth-order valence-electron chi connectivity index (χ4n) is 2.37. The number of amides is 2. The van der Waals surface area contributed by atoms with Crippen molar-refractivity contribution in [1.82, 2.24) is 0 Å². The maximum Gasteiger partial charge on any atom is 0.417 e. The normalized spacial score (nSPS) is 9.93. The quantitative estimate of drug-likeness (QED) is 0.584. The van der Waals surface area contributed by atoms with E-state index in [0.717, 1.165) is 0 Å². The number of benzene rings is 3. The zero-order chi connectivity index (χ0) is 20.6. The average molecular weight is 392 g/mol. The molecule has 8 nitrogen and oxygen atoms in total. The van der Waals surface area contributed by atoms with Crippen molar-refractivity contribution in [3.8, 4) is 11.5 Å². The van der Waals surface area contributed by atoms with Crippen LogP contribution in [0.1, 0.15) is 10.4 Å². The summed E-state index contributed by atoms with van der Waals surface area (Å²) in [6, 6.07) is 20.6. The lowest BCUT2D eigenvalue weighted by atomic mass is 10.1. The lowest BCUT2D eigenvalue weighted by molar-refractivity contribution is 0.0696. The van der Waals surface area contributed by atoms with E-state index < -0.39 is 18.2 Å². The molecule has 0 aliphatic heterocycles. The molecule has 3 aromatic rings. The average Bonchev–Trinajstić information content (AvgIpc) is 2.69. The molecule has 8 heteroatoms. The standard InChI is InChI=1S/C21H16N2O6/c24-19(25)14-11-15(22-20(26)28-17-7-3-1-4-8-17)13-16(12-14)23-21(27)29-18-9-5-2-6-10-18/h1-13H,(H,22,26)(H,23,27)(H,24,25). The number of ether oxygens (including phenoxy) is 2. The highest BCUT2D eigenvalue weighted by molar-refractivity contribution is 5.96. The maximum atomic E-state index is 12.0. The van der Waals surface area contributed by atoms with Crippen LogP contribution in [0.25, 0.3) is 0 Å². The van der Waals surface area contributed by atoms with Crippen molar-refractivity contribution >= 4 is 29.5 Å². The van der Waals surface area contributed by atoms with Crippen molar-refractivity contribution < 1.29 is 29.0 Å². The van der Waals surface area contributed by atoms with Crippen molar-refractivity contribution in [2.75, 3.05) is 10.6 Å². The van der Waals surface area contributed by atoms with Gasteiger partial charge in [-0.2, -0.15) is 0 Å². The second-order valence-electron chi connectivity index (χ2n) is 5.76. The molecular weight excluding hydrogens is 376 g/mol. The number of para-hydroxylation sites is 2. The number of aromatic carboxylic acids is 1. The van der Waals surface area contributed by atoms with Gasteiger partial charge in [0.15, 0.2) is 0 Å². The van der Waals surface area contributed by atoms with Gasteiger partial charge in [0.2, 0.25) is 0 Å². The molecule has 0 aliphatic carbocycles. The van der Waals surface area contributed by atoms with Crippen molar-refractivity contribution in [1.29, 1.82) is 0 Å². The van der Waals surface area contributed by atoms with Crippen LogP contribution < -0.4 is 20.1 Å².